The molecule has 1 heterocycles. The summed E-state index contributed by atoms with van der Waals surface area (Å²) < 4.78 is 0. The number of hydroxylamine groups is 1. The molecular weight excluding hydrogens is 160 g/mol. The van der Waals surface area contributed by atoms with Crippen LogP contribution in [0.2, 0.25) is 0 Å². The molecule has 1 aliphatic rings. The van der Waals surface area contributed by atoms with Gasteiger partial charge < -0.3 is 10.8 Å². The van der Waals surface area contributed by atoms with Crippen molar-refractivity contribution in [1.29, 1.82) is 0 Å². The summed E-state index contributed by atoms with van der Waals surface area (Å²) in [6.45, 7) is 0.406. The van der Waals surface area contributed by atoms with Gasteiger partial charge in [-0.05, 0) is 12.5 Å². The normalized spacial score (nSPS) is 21.8. The highest BCUT2D eigenvalue weighted by atomic mass is 16.7. The third-order valence-corrected chi connectivity index (χ3v) is 1.57. The SMILES string of the molecule is NCC1C=C(CCC(=O)O)NO1. The molecule has 68 valence electrons. The highest BCUT2D eigenvalue weighted by Gasteiger charge is 2.14. The van der Waals surface area contributed by atoms with Crippen LogP contribution in [0.3, 0.4) is 0 Å². The number of hydrogen-bond donors (Lipinski definition) is 3. The molecule has 0 bridgehead atoms. The van der Waals surface area contributed by atoms with E-state index in [1.54, 1.807) is 0 Å². The van der Waals surface area contributed by atoms with Gasteiger partial charge in [0, 0.05) is 12.2 Å². The molecular formula is C7H12N2O3. The van der Waals surface area contributed by atoms with E-state index in [1.165, 1.54) is 0 Å². The van der Waals surface area contributed by atoms with Crippen LogP contribution in [0.1, 0.15) is 12.8 Å². The van der Waals surface area contributed by atoms with E-state index >= 15 is 0 Å². The smallest absolute Gasteiger partial charge is 0.303 e. The highest BCUT2D eigenvalue weighted by Crippen LogP contribution is 2.10. The summed E-state index contributed by atoms with van der Waals surface area (Å²) in [4.78, 5) is 15.2. The molecule has 1 atom stereocenters. The largest absolute Gasteiger partial charge is 0.481 e. The van der Waals surface area contributed by atoms with Gasteiger partial charge in [0.25, 0.3) is 0 Å². The highest BCUT2D eigenvalue weighted by molar-refractivity contribution is 5.67. The second kappa shape index (κ2) is 4.08. The third kappa shape index (κ3) is 2.52. The van der Waals surface area contributed by atoms with E-state index in [2.05, 4.69) is 5.48 Å². The van der Waals surface area contributed by atoms with Gasteiger partial charge in [0.05, 0.1) is 6.42 Å². The van der Waals surface area contributed by atoms with E-state index in [-0.39, 0.29) is 12.5 Å². The second-order valence-corrected chi connectivity index (χ2v) is 2.58. The van der Waals surface area contributed by atoms with Crippen LogP contribution in [0.25, 0.3) is 0 Å². The zero-order valence-electron chi connectivity index (χ0n) is 6.62. The van der Waals surface area contributed by atoms with Crippen molar-refractivity contribution in [2.75, 3.05) is 6.54 Å². The number of carbonyl (C=O) groups is 1. The topological polar surface area (TPSA) is 84.6 Å². The summed E-state index contributed by atoms with van der Waals surface area (Å²) in [7, 11) is 0. The monoisotopic (exact) mass is 172 g/mol. The Morgan fingerprint density at radius 2 is 2.58 bits per heavy atom. The lowest BCUT2D eigenvalue weighted by Crippen LogP contribution is -2.21. The van der Waals surface area contributed by atoms with E-state index in [9.17, 15) is 4.79 Å². The summed E-state index contributed by atoms with van der Waals surface area (Å²) in [5.41, 5.74) is 8.76. The van der Waals surface area contributed by atoms with Crippen molar-refractivity contribution in [3.63, 3.8) is 0 Å². The molecule has 0 aromatic carbocycles. The van der Waals surface area contributed by atoms with Gasteiger partial charge in [-0.1, -0.05) is 0 Å². The Kier molecular flexibility index (Phi) is 3.07. The van der Waals surface area contributed by atoms with E-state index in [1.807, 2.05) is 6.08 Å². The lowest BCUT2D eigenvalue weighted by Gasteiger charge is -2.02. The predicted molar refractivity (Wildman–Crippen MR) is 42.0 cm³/mol. The fourth-order valence-corrected chi connectivity index (χ4v) is 0.936. The zero-order valence-corrected chi connectivity index (χ0v) is 6.62. The van der Waals surface area contributed by atoms with Crippen LogP contribution in [0, 0.1) is 0 Å². The number of carboxylic acid groups (broad SMARTS) is 1. The van der Waals surface area contributed by atoms with Crippen LogP contribution >= 0.6 is 0 Å². The minimum atomic E-state index is -0.811. The number of nitrogens with one attached hydrogen (secondary N) is 1. The number of rotatable bonds is 4. The summed E-state index contributed by atoms with van der Waals surface area (Å²) in [5, 5.41) is 8.38. The van der Waals surface area contributed by atoms with E-state index < -0.39 is 5.97 Å². The van der Waals surface area contributed by atoms with Crippen molar-refractivity contribution in [3.8, 4) is 0 Å². The van der Waals surface area contributed by atoms with Crippen LogP contribution in [0.4, 0.5) is 0 Å². The maximum absolute atomic E-state index is 10.2. The van der Waals surface area contributed by atoms with E-state index in [0.29, 0.717) is 13.0 Å². The van der Waals surface area contributed by atoms with Gasteiger partial charge in [0.1, 0.15) is 6.10 Å². The summed E-state index contributed by atoms with van der Waals surface area (Å²) in [6.07, 6.45) is 2.27. The Bertz CT molecular complexity index is 203. The van der Waals surface area contributed by atoms with Gasteiger partial charge in [0.15, 0.2) is 0 Å². The molecule has 12 heavy (non-hydrogen) atoms. The second-order valence-electron chi connectivity index (χ2n) is 2.58. The molecule has 1 unspecified atom stereocenters. The Balaban J connectivity index is 2.29. The first-order valence-corrected chi connectivity index (χ1v) is 3.76. The molecule has 0 aromatic heterocycles. The minimum Gasteiger partial charge on any atom is -0.481 e. The first-order valence-electron chi connectivity index (χ1n) is 3.76. The maximum atomic E-state index is 10.2. The Hall–Kier alpha value is -1.07. The van der Waals surface area contributed by atoms with E-state index in [0.717, 1.165) is 5.70 Å². The lowest BCUT2D eigenvalue weighted by molar-refractivity contribution is -0.137. The molecule has 0 spiro atoms. The van der Waals surface area contributed by atoms with Gasteiger partial charge in [-0.2, -0.15) is 0 Å². The average Bonchev–Trinajstić information content (AvgIpc) is 2.48. The van der Waals surface area contributed by atoms with Gasteiger partial charge in [0.2, 0.25) is 0 Å². The van der Waals surface area contributed by atoms with Crippen molar-refractivity contribution < 1.29 is 14.7 Å². The molecule has 1 aliphatic heterocycles. The fraction of sp³-hybridized carbons (Fsp3) is 0.571. The Morgan fingerprint density at radius 1 is 1.83 bits per heavy atom. The van der Waals surface area contributed by atoms with Crippen molar-refractivity contribution in [3.05, 3.63) is 11.8 Å². The Morgan fingerprint density at radius 3 is 3.08 bits per heavy atom. The minimum absolute atomic E-state index is 0.111. The summed E-state index contributed by atoms with van der Waals surface area (Å²) in [6, 6.07) is 0. The molecule has 0 aromatic rings. The molecule has 0 aliphatic carbocycles. The van der Waals surface area contributed by atoms with Crippen LogP contribution < -0.4 is 11.2 Å². The van der Waals surface area contributed by atoms with Crippen LogP contribution in [0.5, 0.6) is 0 Å². The fourth-order valence-electron chi connectivity index (χ4n) is 0.936. The molecule has 0 fully saturated rings. The molecule has 0 radical (unpaired) electrons. The number of hydrogen-bond acceptors (Lipinski definition) is 4. The molecule has 0 amide bonds. The number of nitrogens with two attached hydrogens (primary N) is 1. The Labute approximate surface area is 70.1 Å². The summed E-state index contributed by atoms with van der Waals surface area (Å²) >= 11 is 0. The molecule has 4 N–H and O–H groups in total. The maximum Gasteiger partial charge on any atom is 0.303 e. The van der Waals surface area contributed by atoms with Crippen molar-refractivity contribution >= 4 is 5.97 Å². The van der Waals surface area contributed by atoms with Gasteiger partial charge in [-0.25, -0.2) is 0 Å². The molecule has 5 nitrogen and oxygen atoms in total. The lowest BCUT2D eigenvalue weighted by atomic mass is 10.2. The molecule has 1 rings (SSSR count). The van der Waals surface area contributed by atoms with Crippen LogP contribution in [0.15, 0.2) is 11.8 Å². The standard InChI is InChI=1S/C7H12N2O3/c8-4-6-3-5(9-12-6)1-2-7(10)11/h3,6,9H,1-2,4,8H2,(H,10,11). The number of allylic oxidation sites excluding steroid dienone is 1. The van der Waals surface area contributed by atoms with Gasteiger partial charge in [-0.15, -0.1) is 0 Å². The quantitative estimate of drug-likeness (QED) is 0.537. The summed E-state index contributed by atoms with van der Waals surface area (Å²) in [5.74, 6) is -0.811. The molecule has 5 heteroatoms. The first-order chi connectivity index (χ1) is 5.72. The van der Waals surface area contributed by atoms with Crippen LogP contribution in [-0.4, -0.2) is 23.7 Å². The average molecular weight is 172 g/mol. The molecule has 0 saturated heterocycles. The number of carboxylic acids is 1. The molecule has 0 saturated carbocycles. The van der Waals surface area contributed by atoms with Crippen LogP contribution in [-0.2, 0) is 9.63 Å². The van der Waals surface area contributed by atoms with Gasteiger partial charge in [-0.3, -0.25) is 15.1 Å². The van der Waals surface area contributed by atoms with Crippen molar-refractivity contribution in [2.45, 2.75) is 18.9 Å². The zero-order chi connectivity index (χ0) is 8.97. The number of aliphatic carboxylic acids is 1. The van der Waals surface area contributed by atoms with Gasteiger partial charge >= 0.3 is 5.97 Å². The third-order valence-electron chi connectivity index (χ3n) is 1.57. The van der Waals surface area contributed by atoms with E-state index in [4.69, 9.17) is 15.7 Å². The van der Waals surface area contributed by atoms with Crippen molar-refractivity contribution in [2.24, 2.45) is 5.73 Å². The van der Waals surface area contributed by atoms with Crippen molar-refractivity contribution in [1.82, 2.24) is 5.48 Å². The predicted octanol–water partition coefficient (Wildman–Crippen LogP) is -0.403. The first kappa shape index (κ1) is 9.02.